The van der Waals surface area contributed by atoms with Gasteiger partial charge < -0.3 is 9.88 Å². The predicted octanol–water partition coefficient (Wildman–Crippen LogP) is 2.36. The van der Waals surface area contributed by atoms with Gasteiger partial charge in [-0.15, -0.1) is 0 Å². The largest absolute Gasteiger partial charge is 0.385 e. The zero-order chi connectivity index (χ0) is 11.8. The van der Waals surface area contributed by atoms with Crippen molar-refractivity contribution in [1.29, 1.82) is 0 Å². The van der Waals surface area contributed by atoms with Gasteiger partial charge in [0.25, 0.3) is 5.56 Å². The van der Waals surface area contributed by atoms with Gasteiger partial charge in [-0.25, -0.2) is 0 Å². The van der Waals surface area contributed by atoms with Gasteiger partial charge in [-0.3, -0.25) is 4.79 Å². The summed E-state index contributed by atoms with van der Waals surface area (Å²) in [5.74, 6) is 0.837. The molecule has 3 nitrogen and oxygen atoms in total. The van der Waals surface area contributed by atoms with Gasteiger partial charge in [0.1, 0.15) is 0 Å². The van der Waals surface area contributed by atoms with Crippen molar-refractivity contribution in [3.8, 4) is 0 Å². The maximum atomic E-state index is 12.0. The van der Waals surface area contributed by atoms with Crippen LogP contribution >= 0.6 is 0 Å². The zero-order valence-corrected chi connectivity index (χ0v) is 9.94. The van der Waals surface area contributed by atoms with Gasteiger partial charge in [0, 0.05) is 30.9 Å². The first-order valence-electron chi connectivity index (χ1n) is 6.07. The molecule has 1 fully saturated rings. The third kappa shape index (κ3) is 2.05. The Morgan fingerprint density at radius 3 is 2.94 bits per heavy atom. The first kappa shape index (κ1) is 10.4. The third-order valence-corrected chi connectivity index (χ3v) is 3.37. The molecule has 0 atom stereocenters. The van der Waals surface area contributed by atoms with Gasteiger partial charge in [0.2, 0.25) is 0 Å². The Morgan fingerprint density at radius 1 is 1.35 bits per heavy atom. The van der Waals surface area contributed by atoms with Crippen LogP contribution in [0.15, 0.2) is 35.3 Å². The minimum absolute atomic E-state index is 0.0672. The van der Waals surface area contributed by atoms with E-state index in [-0.39, 0.29) is 5.56 Å². The molecule has 0 bridgehead atoms. The first-order chi connectivity index (χ1) is 8.24. The smallest absolute Gasteiger partial charge is 0.258 e. The van der Waals surface area contributed by atoms with E-state index >= 15 is 0 Å². The molecule has 0 unspecified atom stereocenters. The second-order valence-electron chi connectivity index (χ2n) is 4.86. The topological polar surface area (TPSA) is 34.0 Å². The molecule has 88 valence electrons. The van der Waals surface area contributed by atoms with Gasteiger partial charge in [-0.05, 0) is 42.3 Å². The lowest BCUT2D eigenvalue weighted by Crippen LogP contribution is -2.15. The standard InChI is InChI=1S/C14H16N2O/c1-16-7-6-11-4-5-12(8-13(11)14(16)17)15-9-10-2-3-10/h4-8,10,15H,2-3,9H2,1H3. The average molecular weight is 228 g/mol. The van der Waals surface area contributed by atoms with Crippen LogP contribution in [0.2, 0.25) is 0 Å². The summed E-state index contributed by atoms with van der Waals surface area (Å²) < 4.78 is 1.62. The van der Waals surface area contributed by atoms with Gasteiger partial charge in [-0.1, -0.05) is 6.07 Å². The van der Waals surface area contributed by atoms with Crippen molar-refractivity contribution >= 4 is 16.5 Å². The van der Waals surface area contributed by atoms with Crippen molar-refractivity contribution in [2.45, 2.75) is 12.8 Å². The van der Waals surface area contributed by atoms with Crippen LogP contribution < -0.4 is 10.9 Å². The molecule has 0 saturated heterocycles. The van der Waals surface area contributed by atoms with E-state index in [9.17, 15) is 4.79 Å². The van der Waals surface area contributed by atoms with Gasteiger partial charge in [0.05, 0.1) is 0 Å². The fourth-order valence-electron chi connectivity index (χ4n) is 2.03. The van der Waals surface area contributed by atoms with Crippen molar-refractivity contribution in [1.82, 2.24) is 4.57 Å². The zero-order valence-electron chi connectivity index (χ0n) is 9.94. The van der Waals surface area contributed by atoms with Crippen LogP contribution in [0.4, 0.5) is 5.69 Å². The lowest BCUT2D eigenvalue weighted by atomic mass is 10.1. The number of aryl methyl sites for hydroxylation is 1. The molecule has 1 N–H and O–H groups in total. The molecular weight excluding hydrogens is 212 g/mol. The van der Waals surface area contributed by atoms with E-state index < -0.39 is 0 Å². The summed E-state index contributed by atoms with van der Waals surface area (Å²) in [5, 5.41) is 5.19. The van der Waals surface area contributed by atoms with Crippen LogP contribution in [-0.2, 0) is 7.05 Å². The minimum atomic E-state index is 0.0672. The van der Waals surface area contributed by atoms with E-state index in [2.05, 4.69) is 5.32 Å². The number of fused-ring (bicyclic) bond motifs is 1. The number of aromatic nitrogens is 1. The minimum Gasteiger partial charge on any atom is -0.385 e. The van der Waals surface area contributed by atoms with Crippen molar-refractivity contribution in [2.24, 2.45) is 13.0 Å². The Morgan fingerprint density at radius 2 is 2.18 bits per heavy atom. The summed E-state index contributed by atoms with van der Waals surface area (Å²) in [5.41, 5.74) is 1.12. The SMILES string of the molecule is Cn1ccc2ccc(NCC3CC3)cc2c1=O. The van der Waals surface area contributed by atoms with Gasteiger partial charge in [0.15, 0.2) is 0 Å². The molecule has 2 aromatic rings. The second kappa shape index (κ2) is 3.91. The van der Waals surface area contributed by atoms with Crippen LogP contribution in [0.25, 0.3) is 10.8 Å². The van der Waals surface area contributed by atoms with Crippen molar-refractivity contribution < 1.29 is 0 Å². The molecule has 1 aromatic carbocycles. The molecule has 17 heavy (non-hydrogen) atoms. The Kier molecular flexibility index (Phi) is 2.39. The summed E-state index contributed by atoms with van der Waals surface area (Å²) in [6.45, 7) is 1.03. The van der Waals surface area contributed by atoms with Crippen LogP contribution in [0.1, 0.15) is 12.8 Å². The number of hydrogen-bond donors (Lipinski definition) is 1. The van der Waals surface area contributed by atoms with Crippen LogP contribution in [0.5, 0.6) is 0 Å². The molecule has 1 aliphatic rings. The number of rotatable bonds is 3. The Labute approximate surface area is 100 Å². The quantitative estimate of drug-likeness (QED) is 0.875. The molecule has 0 aliphatic heterocycles. The highest BCUT2D eigenvalue weighted by Crippen LogP contribution is 2.29. The molecular formula is C14H16N2O. The summed E-state index contributed by atoms with van der Waals surface area (Å²) >= 11 is 0. The van der Waals surface area contributed by atoms with E-state index in [1.165, 1.54) is 12.8 Å². The number of hydrogen-bond acceptors (Lipinski definition) is 2. The highest BCUT2D eigenvalue weighted by atomic mass is 16.1. The molecule has 1 aliphatic carbocycles. The van der Waals surface area contributed by atoms with Crippen molar-refractivity contribution in [3.63, 3.8) is 0 Å². The molecule has 3 rings (SSSR count). The summed E-state index contributed by atoms with van der Waals surface area (Å²) in [7, 11) is 1.78. The third-order valence-electron chi connectivity index (χ3n) is 3.37. The second-order valence-corrected chi connectivity index (χ2v) is 4.86. The molecule has 1 heterocycles. The molecule has 1 saturated carbocycles. The van der Waals surface area contributed by atoms with Crippen molar-refractivity contribution in [2.75, 3.05) is 11.9 Å². The number of pyridine rings is 1. The fraction of sp³-hybridized carbons (Fsp3) is 0.357. The number of benzene rings is 1. The highest BCUT2D eigenvalue weighted by Gasteiger charge is 2.20. The van der Waals surface area contributed by atoms with E-state index in [0.29, 0.717) is 0 Å². The number of nitrogens with one attached hydrogen (secondary N) is 1. The van der Waals surface area contributed by atoms with Crippen LogP contribution in [0.3, 0.4) is 0 Å². The van der Waals surface area contributed by atoms with E-state index in [1.807, 2.05) is 30.5 Å². The highest BCUT2D eigenvalue weighted by molar-refractivity contribution is 5.84. The number of anilines is 1. The Hall–Kier alpha value is -1.77. The van der Waals surface area contributed by atoms with Crippen LogP contribution in [0, 0.1) is 5.92 Å². The monoisotopic (exact) mass is 228 g/mol. The van der Waals surface area contributed by atoms with Gasteiger partial charge >= 0.3 is 0 Å². The summed E-state index contributed by atoms with van der Waals surface area (Å²) in [6, 6.07) is 7.98. The first-order valence-corrected chi connectivity index (χ1v) is 6.07. The molecule has 0 radical (unpaired) electrons. The van der Waals surface area contributed by atoms with E-state index in [4.69, 9.17) is 0 Å². The maximum absolute atomic E-state index is 12.0. The average Bonchev–Trinajstić information content (AvgIpc) is 3.16. The molecule has 0 amide bonds. The van der Waals surface area contributed by atoms with E-state index in [1.54, 1.807) is 11.6 Å². The lowest BCUT2D eigenvalue weighted by Gasteiger charge is -2.07. The van der Waals surface area contributed by atoms with Crippen LogP contribution in [-0.4, -0.2) is 11.1 Å². The normalized spacial score (nSPS) is 15.1. The maximum Gasteiger partial charge on any atom is 0.258 e. The summed E-state index contributed by atoms with van der Waals surface area (Å²) in [4.78, 5) is 12.0. The molecule has 1 aromatic heterocycles. The Bertz CT molecular complexity index is 611. The molecule has 3 heteroatoms. The Balaban J connectivity index is 1.98. The molecule has 0 spiro atoms. The van der Waals surface area contributed by atoms with Gasteiger partial charge in [-0.2, -0.15) is 0 Å². The fourth-order valence-corrected chi connectivity index (χ4v) is 2.03. The van der Waals surface area contributed by atoms with Crippen molar-refractivity contribution in [3.05, 3.63) is 40.8 Å². The lowest BCUT2D eigenvalue weighted by molar-refractivity contribution is 0.872. The van der Waals surface area contributed by atoms with E-state index in [0.717, 1.165) is 28.9 Å². The number of nitrogens with zero attached hydrogens (tertiary/aromatic N) is 1. The predicted molar refractivity (Wildman–Crippen MR) is 70.4 cm³/mol. The summed E-state index contributed by atoms with van der Waals surface area (Å²) in [6.07, 6.45) is 4.48.